The van der Waals surface area contributed by atoms with Gasteiger partial charge in [-0.1, -0.05) is 61.3 Å². The van der Waals surface area contributed by atoms with Crippen molar-refractivity contribution in [3.8, 4) is 0 Å². The number of carbonyl (C=O) groups excluding carboxylic acids is 1. The third-order valence-electron chi connectivity index (χ3n) is 8.22. The number of nitrogens with one attached hydrogen (secondary N) is 1. The number of nitrogens with zero attached hydrogens (tertiary/aromatic N) is 1. The topological polar surface area (TPSA) is 104 Å². The number of rotatable bonds is 10. The Kier molecular flexibility index (Phi) is 8.48. The summed E-state index contributed by atoms with van der Waals surface area (Å²) in [6, 6.07) is 13.7. The lowest BCUT2D eigenvalue weighted by atomic mass is 9.71. The van der Waals surface area contributed by atoms with E-state index in [0.29, 0.717) is 35.7 Å². The minimum atomic E-state index is -3.57. The van der Waals surface area contributed by atoms with Gasteiger partial charge in [0.15, 0.2) is 0 Å². The summed E-state index contributed by atoms with van der Waals surface area (Å²) in [5, 5.41) is 11.0. The molecule has 2 N–H and O–H groups in total. The Morgan fingerprint density at radius 1 is 1.13 bits per heavy atom. The number of hydrogen-bond donors (Lipinski definition) is 2. The minimum absolute atomic E-state index is 0.0424. The van der Waals surface area contributed by atoms with Crippen LogP contribution in [0.4, 0.5) is 0 Å². The minimum Gasteiger partial charge on any atom is -0.481 e. The molecule has 38 heavy (non-hydrogen) atoms. The number of hydrogen-bond acceptors (Lipinski definition) is 4. The third kappa shape index (κ3) is 5.74. The maximum atomic E-state index is 14.1. The van der Waals surface area contributed by atoms with Gasteiger partial charge in [-0.15, -0.1) is 0 Å². The van der Waals surface area contributed by atoms with E-state index in [-0.39, 0.29) is 18.4 Å². The van der Waals surface area contributed by atoms with E-state index in [9.17, 15) is 23.1 Å². The highest BCUT2D eigenvalue weighted by Crippen LogP contribution is 2.48. The molecule has 7 nitrogen and oxygen atoms in total. The van der Waals surface area contributed by atoms with Gasteiger partial charge in [0.2, 0.25) is 15.9 Å². The van der Waals surface area contributed by atoms with Gasteiger partial charge in [0.25, 0.3) is 0 Å². The van der Waals surface area contributed by atoms with E-state index < -0.39 is 44.7 Å². The van der Waals surface area contributed by atoms with Crippen LogP contribution in [0.25, 0.3) is 0 Å². The summed E-state index contributed by atoms with van der Waals surface area (Å²) in [7, 11) is -3.57. The average molecular weight is 582 g/mol. The zero-order valence-electron chi connectivity index (χ0n) is 21.7. The van der Waals surface area contributed by atoms with Gasteiger partial charge in [-0.05, 0) is 68.0 Å². The summed E-state index contributed by atoms with van der Waals surface area (Å²) < 4.78 is 27.9. The SMILES string of the molecule is CC[C@@H](CNS(=O)(=O)C1(C)CC1)N1C(=O)[C@H](C(C)C(=O)O)C[C@H](c2cccc(Cl)c2)[C@H]1c1ccc(Cl)cc1. The van der Waals surface area contributed by atoms with Gasteiger partial charge in [-0.25, -0.2) is 13.1 Å². The number of carboxylic acids is 1. The molecule has 4 rings (SSSR count). The molecule has 1 heterocycles. The van der Waals surface area contributed by atoms with E-state index in [0.717, 1.165) is 11.1 Å². The third-order valence-corrected chi connectivity index (χ3v) is 11.0. The van der Waals surface area contributed by atoms with Gasteiger partial charge >= 0.3 is 5.97 Å². The predicted octanol–water partition coefficient (Wildman–Crippen LogP) is 5.64. The molecule has 2 aromatic rings. The van der Waals surface area contributed by atoms with Gasteiger partial charge < -0.3 is 10.0 Å². The van der Waals surface area contributed by atoms with Crippen LogP contribution in [0, 0.1) is 11.8 Å². The number of aliphatic carboxylic acids is 1. The molecule has 10 heteroatoms. The fourth-order valence-electron chi connectivity index (χ4n) is 5.40. The second-order valence-electron chi connectivity index (χ2n) is 10.7. The Bertz CT molecular complexity index is 1300. The summed E-state index contributed by atoms with van der Waals surface area (Å²) in [4.78, 5) is 27.9. The van der Waals surface area contributed by atoms with Crippen LogP contribution in [0.3, 0.4) is 0 Å². The lowest BCUT2D eigenvalue weighted by Gasteiger charge is -2.49. The van der Waals surface area contributed by atoms with Crippen LogP contribution in [0.5, 0.6) is 0 Å². The van der Waals surface area contributed by atoms with Crippen LogP contribution in [0.15, 0.2) is 48.5 Å². The Hall–Kier alpha value is -2.13. The van der Waals surface area contributed by atoms with Crippen LogP contribution in [0.1, 0.15) is 69.5 Å². The highest BCUT2D eigenvalue weighted by molar-refractivity contribution is 7.91. The van der Waals surface area contributed by atoms with E-state index in [1.807, 2.05) is 37.3 Å². The second kappa shape index (κ2) is 11.2. The number of likely N-dealkylation sites (tertiary alicyclic amines) is 1. The molecule has 1 saturated carbocycles. The molecule has 0 bridgehead atoms. The molecule has 5 atom stereocenters. The second-order valence-corrected chi connectivity index (χ2v) is 13.9. The molecule has 1 saturated heterocycles. The maximum Gasteiger partial charge on any atom is 0.307 e. The van der Waals surface area contributed by atoms with Crippen molar-refractivity contribution in [1.29, 1.82) is 0 Å². The van der Waals surface area contributed by atoms with E-state index in [1.54, 1.807) is 36.9 Å². The molecule has 1 amide bonds. The van der Waals surface area contributed by atoms with Crippen LogP contribution in [-0.4, -0.2) is 47.6 Å². The van der Waals surface area contributed by atoms with Crippen molar-refractivity contribution in [2.75, 3.05) is 6.54 Å². The van der Waals surface area contributed by atoms with E-state index >= 15 is 0 Å². The number of carboxylic acid groups (broad SMARTS) is 1. The standard InChI is InChI=1S/C28H34Cl2N2O5S/c1-4-22(16-31-38(36,37)28(3)12-13-28)32-25(18-8-10-20(29)11-9-18)24(19-6-5-7-21(30)14-19)15-23(26(32)33)17(2)27(34)35/h5-11,14,17,22-25,31H,4,12-13,15-16H2,1-3H3,(H,34,35)/t17?,22-,23-,24+,25+/m0/s1. The van der Waals surface area contributed by atoms with Crippen LogP contribution >= 0.6 is 23.2 Å². The van der Waals surface area contributed by atoms with E-state index in [4.69, 9.17) is 23.2 Å². The molecule has 206 valence electrons. The first-order chi connectivity index (χ1) is 17.9. The molecule has 0 radical (unpaired) electrons. The molecule has 0 spiro atoms. The number of halogens is 2. The van der Waals surface area contributed by atoms with Crippen molar-refractivity contribution >= 4 is 45.1 Å². The summed E-state index contributed by atoms with van der Waals surface area (Å²) in [5.74, 6) is -3.31. The number of amides is 1. The molecule has 1 unspecified atom stereocenters. The van der Waals surface area contributed by atoms with Crippen molar-refractivity contribution in [3.05, 3.63) is 69.7 Å². The molecule has 1 aliphatic carbocycles. The Balaban J connectivity index is 1.82. The molecule has 2 aliphatic rings. The van der Waals surface area contributed by atoms with Gasteiger partial charge in [-0.3, -0.25) is 9.59 Å². The zero-order valence-corrected chi connectivity index (χ0v) is 24.1. The van der Waals surface area contributed by atoms with Crippen LogP contribution < -0.4 is 4.72 Å². The number of piperidine rings is 1. The first-order valence-corrected chi connectivity index (χ1v) is 15.2. The first kappa shape index (κ1) is 28.9. The lowest BCUT2D eigenvalue weighted by molar-refractivity contribution is -0.157. The normalized spacial score (nSPS) is 24.6. The Morgan fingerprint density at radius 3 is 2.34 bits per heavy atom. The van der Waals surface area contributed by atoms with Crippen molar-refractivity contribution in [1.82, 2.24) is 9.62 Å². The zero-order chi connectivity index (χ0) is 27.8. The van der Waals surface area contributed by atoms with Gasteiger partial charge in [0.1, 0.15) is 0 Å². The van der Waals surface area contributed by atoms with Crippen molar-refractivity contribution in [3.63, 3.8) is 0 Å². The fraction of sp³-hybridized carbons (Fsp3) is 0.500. The Labute approximate surface area is 234 Å². The Morgan fingerprint density at radius 2 is 1.79 bits per heavy atom. The van der Waals surface area contributed by atoms with Crippen LogP contribution in [-0.2, 0) is 19.6 Å². The van der Waals surface area contributed by atoms with E-state index in [2.05, 4.69) is 4.72 Å². The number of sulfonamides is 1. The molecular weight excluding hydrogens is 547 g/mol. The van der Waals surface area contributed by atoms with Gasteiger partial charge in [-0.2, -0.15) is 0 Å². The smallest absolute Gasteiger partial charge is 0.307 e. The van der Waals surface area contributed by atoms with Crippen molar-refractivity contribution < 1.29 is 23.1 Å². The summed E-state index contributed by atoms with van der Waals surface area (Å²) in [5.41, 5.74) is 1.73. The van der Waals surface area contributed by atoms with Gasteiger partial charge in [0, 0.05) is 28.5 Å². The van der Waals surface area contributed by atoms with Crippen molar-refractivity contribution in [2.24, 2.45) is 11.8 Å². The lowest BCUT2D eigenvalue weighted by Crippen LogP contribution is -2.56. The van der Waals surface area contributed by atoms with Crippen molar-refractivity contribution in [2.45, 2.75) is 69.2 Å². The maximum absolute atomic E-state index is 14.1. The van der Waals surface area contributed by atoms with Gasteiger partial charge in [0.05, 0.1) is 22.6 Å². The highest BCUT2D eigenvalue weighted by Gasteiger charge is 2.51. The molecule has 2 aromatic carbocycles. The predicted molar refractivity (Wildman–Crippen MR) is 149 cm³/mol. The quantitative estimate of drug-likeness (QED) is 0.378. The first-order valence-electron chi connectivity index (χ1n) is 12.9. The fourth-order valence-corrected chi connectivity index (χ4v) is 7.12. The number of carbonyl (C=O) groups is 2. The summed E-state index contributed by atoms with van der Waals surface area (Å²) in [6.07, 6.45) is 2.00. The van der Waals surface area contributed by atoms with E-state index in [1.165, 1.54) is 0 Å². The average Bonchev–Trinajstić information content (AvgIpc) is 3.64. The molecule has 0 aromatic heterocycles. The molecular formula is C28H34Cl2N2O5S. The summed E-state index contributed by atoms with van der Waals surface area (Å²) >= 11 is 12.6. The monoisotopic (exact) mass is 580 g/mol. The summed E-state index contributed by atoms with van der Waals surface area (Å²) in [6.45, 7) is 5.22. The largest absolute Gasteiger partial charge is 0.481 e. The highest BCUT2D eigenvalue weighted by atomic mass is 35.5. The molecule has 1 aliphatic heterocycles. The van der Waals surface area contributed by atoms with Crippen LogP contribution in [0.2, 0.25) is 10.0 Å². The molecule has 2 fully saturated rings. The number of benzene rings is 2.